The number of benzene rings is 1. The van der Waals surface area contributed by atoms with Crippen LogP contribution in [0.1, 0.15) is 5.56 Å². The predicted octanol–water partition coefficient (Wildman–Crippen LogP) is 1.13. The molecule has 0 heterocycles. The molecule has 1 aromatic carbocycles. The van der Waals surface area contributed by atoms with Gasteiger partial charge in [0.25, 0.3) is 0 Å². The molecule has 0 spiro atoms. The van der Waals surface area contributed by atoms with Crippen molar-refractivity contribution in [1.29, 1.82) is 0 Å². The lowest BCUT2D eigenvalue weighted by Gasteiger charge is -2.07. The Hall–Kier alpha value is -1.59. The largest absolute Gasteiger partial charge is 0.375 e. The van der Waals surface area contributed by atoms with Gasteiger partial charge in [0, 0.05) is 19.3 Å². The number of hydrogen-bond acceptors (Lipinski definition) is 3. The van der Waals surface area contributed by atoms with Crippen molar-refractivity contribution in [1.82, 2.24) is 5.32 Å². The maximum Gasteiger partial charge on any atom is 0.250 e. The van der Waals surface area contributed by atoms with E-state index in [0.29, 0.717) is 12.2 Å². The first-order chi connectivity index (χ1) is 8.65. The Morgan fingerprint density at radius 1 is 1.33 bits per heavy atom. The number of carbonyl (C=O) groups is 2. The molecule has 2 amide bonds. The van der Waals surface area contributed by atoms with Crippen LogP contribution in [0, 0.1) is 0 Å². The summed E-state index contributed by atoms with van der Waals surface area (Å²) >= 11 is 5.37. The zero-order valence-electron chi connectivity index (χ0n) is 10.0. The predicted molar refractivity (Wildman–Crippen MR) is 69.5 cm³/mol. The normalized spacial score (nSPS) is 9.89. The molecule has 0 fully saturated rings. The molecular weight excluding hydrogens is 256 g/mol. The summed E-state index contributed by atoms with van der Waals surface area (Å²) in [5.74, 6) is -0.519. The SMILES string of the molecule is COCC(=O)Nc1cccc(CNC(=O)CCl)c1. The van der Waals surface area contributed by atoms with Gasteiger partial charge in [-0.15, -0.1) is 11.6 Å². The number of carbonyl (C=O) groups excluding carboxylic acids is 2. The number of hydrogen-bond donors (Lipinski definition) is 2. The summed E-state index contributed by atoms with van der Waals surface area (Å²) in [7, 11) is 1.46. The van der Waals surface area contributed by atoms with Gasteiger partial charge < -0.3 is 15.4 Å². The van der Waals surface area contributed by atoms with Crippen molar-refractivity contribution in [2.45, 2.75) is 6.54 Å². The minimum absolute atomic E-state index is 0.00715. The van der Waals surface area contributed by atoms with E-state index in [-0.39, 0.29) is 24.3 Å². The lowest BCUT2D eigenvalue weighted by molar-refractivity contribution is -0.120. The van der Waals surface area contributed by atoms with Gasteiger partial charge in [-0.2, -0.15) is 0 Å². The molecule has 0 aliphatic rings. The van der Waals surface area contributed by atoms with Crippen LogP contribution >= 0.6 is 11.6 Å². The van der Waals surface area contributed by atoms with E-state index in [1.165, 1.54) is 7.11 Å². The van der Waals surface area contributed by atoms with Gasteiger partial charge >= 0.3 is 0 Å². The highest BCUT2D eigenvalue weighted by Crippen LogP contribution is 2.10. The van der Waals surface area contributed by atoms with Crippen molar-refractivity contribution < 1.29 is 14.3 Å². The van der Waals surface area contributed by atoms with Gasteiger partial charge in [-0.25, -0.2) is 0 Å². The maximum absolute atomic E-state index is 11.3. The summed E-state index contributed by atoms with van der Waals surface area (Å²) in [4.78, 5) is 22.3. The first-order valence-corrected chi connectivity index (χ1v) is 5.89. The number of halogens is 1. The zero-order chi connectivity index (χ0) is 13.4. The Bertz CT molecular complexity index is 424. The molecule has 0 saturated heterocycles. The molecule has 0 bridgehead atoms. The van der Waals surface area contributed by atoms with Crippen LogP contribution in [0.3, 0.4) is 0 Å². The van der Waals surface area contributed by atoms with Crippen LogP contribution in [0.4, 0.5) is 5.69 Å². The van der Waals surface area contributed by atoms with E-state index in [9.17, 15) is 9.59 Å². The van der Waals surface area contributed by atoms with Crippen molar-refractivity contribution in [3.05, 3.63) is 29.8 Å². The van der Waals surface area contributed by atoms with Crippen LogP contribution in [0.2, 0.25) is 0 Å². The maximum atomic E-state index is 11.3. The average Bonchev–Trinajstić information content (AvgIpc) is 2.36. The summed E-state index contributed by atoms with van der Waals surface area (Å²) in [6, 6.07) is 7.19. The molecule has 0 aliphatic heterocycles. The van der Waals surface area contributed by atoms with Crippen LogP contribution in [-0.2, 0) is 20.9 Å². The zero-order valence-corrected chi connectivity index (χ0v) is 10.8. The van der Waals surface area contributed by atoms with Gasteiger partial charge in [-0.1, -0.05) is 12.1 Å². The van der Waals surface area contributed by atoms with Crippen LogP contribution in [0.25, 0.3) is 0 Å². The van der Waals surface area contributed by atoms with Crippen LogP contribution in [0.15, 0.2) is 24.3 Å². The van der Waals surface area contributed by atoms with E-state index in [1.54, 1.807) is 18.2 Å². The molecule has 0 aliphatic carbocycles. The van der Waals surface area contributed by atoms with E-state index in [1.807, 2.05) is 6.07 Å². The van der Waals surface area contributed by atoms with Crippen molar-refractivity contribution in [2.24, 2.45) is 0 Å². The minimum atomic E-state index is -0.231. The highest BCUT2D eigenvalue weighted by molar-refractivity contribution is 6.27. The number of ether oxygens (including phenoxy) is 1. The molecule has 1 rings (SSSR count). The number of alkyl halides is 1. The second-order valence-corrected chi connectivity index (χ2v) is 3.86. The fourth-order valence-corrected chi connectivity index (χ4v) is 1.43. The fourth-order valence-electron chi connectivity index (χ4n) is 1.34. The number of methoxy groups -OCH3 is 1. The number of rotatable bonds is 6. The molecule has 18 heavy (non-hydrogen) atoms. The van der Waals surface area contributed by atoms with Crippen molar-refractivity contribution in [2.75, 3.05) is 24.9 Å². The molecule has 1 aromatic rings. The van der Waals surface area contributed by atoms with Crippen molar-refractivity contribution in [3.63, 3.8) is 0 Å². The monoisotopic (exact) mass is 270 g/mol. The Morgan fingerprint density at radius 2 is 2.11 bits per heavy atom. The molecule has 0 radical (unpaired) electrons. The van der Waals surface area contributed by atoms with E-state index in [2.05, 4.69) is 10.6 Å². The molecule has 0 unspecified atom stereocenters. The van der Waals surface area contributed by atoms with Crippen LogP contribution in [0.5, 0.6) is 0 Å². The van der Waals surface area contributed by atoms with Gasteiger partial charge in [-0.05, 0) is 17.7 Å². The Kier molecular flexibility index (Phi) is 6.18. The Labute approximate surface area is 110 Å². The third kappa shape index (κ3) is 5.16. The van der Waals surface area contributed by atoms with E-state index in [0.717, 1.165) is 5.56 Å². The Morgan fingerprint density at radius 3 is 2.78 bits per heavy atom. The summed E-state index contributed by atoms with van der Waals surface area (Å²) < 4.78 is 4.72. The van der Waals surface area contributed by atoms with Gasteiger partial charge in [0.05, 0.1) is 0 Å². The summed E-state index contributed by atoms with van der Waals surface area (Å²) in [6.07, 6.45) is 0. The lowest BCUT2D eigenvalue weighted by Crippen LogP contribution is -2.23. The highest BCUT2D eigenvalue weighted by atomic mass is 35.5. The van der Waals surface area contributed by atoms with Crippen molar-refractivity contribution in [3.8, 4) is 0 Å². The van der Waals surface area contributed by atoms with Gasteiger partial charge in [0.2, 0.25) is 11.8 Å². The van der Waals surface area contributed by atoms with Gasteiger partial charge in [-0.3, -0.25) is 9.59 Å². The second kappa shape index (κ2) is 7.68. The number of anilines is 1. The molecule has 0 aromatic heterocycles. The van der Waals surface area contributed by atoms with E-state index >= 15 is 0 Å². The highest BCUT2D eigenvalue weighted by Gasteiger charge is 2.03. The third-order valence-corrected chi connectivity index (χ3v) is 2.34. The second-order valence-electron chi connectivity index (χ2n) is 3.59. The molecule has 6 heteroatoms. The van der Waals surface area contributed by atoms with E-state index < -0.39 is 0 Å². The smallest absolute Gasteiger partial charge is 0.250 e. The average molecular weight is 271 g/mol. The molecule has 98 valence electrons. The molecule has 5 nitrogen and oxygen atoms in total. The minimum Gasteiger partial charge on any atom is -0.375 e. The standard InChI is InChI=1S/C12H15ClN2O3/c1-18-8-12(17)15-10-4-2-3-9(5-10)7-14-11(16)6-13/h2-5H,6-8H2,1H3,(H,14,16)(H,15,17). The molecule has 2 N–H and O–H groups in total. The summed E-state index contributed by atoms with van der Waals surface area (Å²) in [5, 5.41) is 5.33. The Balaban J connectivity index is 2.56. The third-order valence-electron chi connectivity index (χ3n) is 2.10. The van der Waals surface area contributed by atoms with E-state index in [4.69, 9.17) is 16.3 Å². The molecule has 0 atom stereocenters. The number of amides is 2. The number of nitrogens with one attached hydrogen (secondary N) is 2. The quantitative estimate of drug-likeness (QED) is 0.762. The van der Waals surface area contributed by atoms with Crippen LogP contribution < -0.4 is 10.6 Å². The first-order valence-electron chi connectivity index (χ1n) is 5.36. The summed E-state index contributed by atoms with van der Waals surface area (Å²) in [6.45, 7) is 0.382. The topological polar surface area (TPSA) is 67.4 Å². The first kappa shape index (κ1) is 14.5. The van der Waals surface area contributed by atoms with Crippen LogP contribution in [-0.4, -0.2) is 31.4 Å². The lowest BCUT2D eigenvalue weighted by atomic mass is 10.2. The summed E-state index contributed by atoms with van der Waals surface area (Å²) in [5.41, 5.74) is 1.54. The van der Waals surface area contributed by atoms with Gasteiger partial charge in [0.15, 0.2) is 0 Å². The molecular formula is C12H15ClN2O3. The molecule has 0 saturated carbocycles. The van der Waals surface area contributed by atoms with Crippen molar-refractivity contribution >= 4 is 29.1 Å². The fraction of sp³-hybridized carbons (Fsp3) is 0.333. The van der Waals surface area contributed by atoms with Gasteiger partial charge in [0.1, 0.15) is 12.5 Å².